The molecule has 0 aliphatic heterocycles. The van der Waals surface area contributed by atoms with Crippen molar-refractivity contribution in [1.29, 1.82) is 0 Å². The van der Waals surface area contributed by atoms with E-state index < -0.39 is 17.3 Å². The number of alkyl halides is 3. The number of aromatic amines is 1. The van der Waals surface area contributed by atoms with Gasteiger partial charge in [-0.15, -0.1) is 0 Å². The first-order chi connectivity index (χ1) is 9.40. The Morgan fingerprint density at radius 1 is 1.30 bits per heavy atom. The van der Waals surface area contributed by atoms with Crippen molar-refractivity contribution >= 4 is 0 Å². The van der Waals surface area contributed by atoms with Crippen LogP contribution in [-0.4, -0.2) is 17.0 Å². The average molecular weight is 283 g/mol. The molecule has 4 nitrogen and oxygen atoms in total. The maximum absolute atomic E-state index is 12.7. The van der Waals surface area contributed by atoms with E-state index in [1.165, 1.54) is 18.2 Å². The monoisotopic (exact) mass is 283 g/mol. The lowest BCUT2D eigenvalue weighted by atomic mass is 10.1. The van der Waals surface area contributed by atoms with Crippen LogP contribution < -0.4 is 10.9 Å². The molecule has 1 heterocycles. The lowest BCUT2D eigenvalue weighted by Crippen LogP contribution is -2.15. The number of nitrogens with one attached hydrogen (secondary N) is 2. The predicted molar refractivity (Wildman–Crippen MR) is 68.1 cm³/mol. The van der Waals surface area contributed by atoms with Crippen LogP contribution in [0.25, 0.3) is 11.4 Å². The summed E-state index contributed by atoms with van der Waals surface area (Å²) in [4.78, 5) is 18.1. The van der Waals surface area contributed by atoms with Crippen LogP contribution in [0.4, 0.5) is 13.2 Å². The van der Waals surface area contributed by atoms with Gasteiger partial charge in [-0.1, -0.05) is 12.1 Å². The third kappa shape index (κ3) is 3.24. The minimum absolute atomic E-state index is 0.119. The van der Waals surface area contributed by atoms with Crippen molar-refractivity contribution in [3.63, 3.8) is 0 Å². The Kier molecular flexibility index (Phi) is 3.89. The highest BCUT2D eigenvalue weighted by Gasteiger charge is 2.30. The third-order valence-corrected chi connectivity index (χ3v) is 2.62. The molecule has 0 saturated carbocycles. The Balaban J connectivity index is 2.49. The Morgan fingerprint density at radius 2 is 2.05 bits per heavy atom. The quantitative estimate of drug-likeness (QED) is 0.907. The zero-order chi connectivity index (χ0) is 14.8. The first-order valence-corrected chi connectivity index (χ1v) is 5.82. The van der Waals surface area contributed by atoms with Gasteiger partial charge in [0, 0.05) is 18.2 Å². The summed E-state index contributed by atoms with van der Waals surface area (Å²) < 4.78 is 38.0. The van der Waals surface area contributed by atoms with Crippen LogP contribution in [0.2, 0.25) is 0 Å². The topological polar surface area (TPSA) is 57.8 Å². The number of halogens is 3. The second-order valence-electron chi connectivity index (χ2n) is 4.19. The average Bonchev–Trinajstić information content (AvgIpc) is 2.37. The zero-order valence-corrected chi connectivity index (χ0v) is 10.6. The highest BCUT2D eigenvalue weighted by Crippen LogP contribution is 2.31. The highest BCUT2D eigenvalue weighted by molar-refractivity contribution is 5.56. The maximum atomic E-state index is 12.7. The summed E-state index contributed by atoms with van der Waals surface area (Å²) in [5, 5.41) is 2.83. The minimum Gasteiger partial charge on any atom is -0.314 e. The van der Waals surface area contributed by atoms with Gasteiger partial charge < -0.3 is 10.3 Å². The molecule has 20 heavy (non-hydrogen) atoms. The molecule has 0 fully saturated rings. The fraction of sp³-hybridized carbons (Fsp3) is 0.231. The second kappa shape index (κ2) is 5.46. The number of hydrogen-bond acceptors (Lipinski definition) is 3. The van der Waals surface area contributed by atoms with Crippen molar-refractivity contribution in [2.45, 2.75) is 12.7 Å². The largest absolute Gasteiger partial charge is 0.416 e. The molecule has 1 aromatic heterocycles. The summed E-state index contributed by atoms with van der Waals surface area (Å²) in [6.07, 6.45) is -4.43. The summed E-state index contributed by atoms with van der Waals surface area (Å²) >= 11 is 0. The Labute approximate surface area is 112 Å². The summed E-state index contributed by atoms with van der Waals surface area (Å²) in [5.41, 5.74) is -0.507. The van der Waals surface area contributed by atoms with Crippen LogP contribution in [0.5, 0.6) is 0 Å². The molecule has 0 aliphatic rings. The van der Waals surface area contributed by atoms with Crippen molar-refractivity contribution < 1.29 is 13.2 Å². The van der Waals surface area contributed by atoms with E-state index >= 15 is 0 Å². The van der Waals surface area contributed by atoms with Crippen molar-refractivity contribution in [2.24, 2.45) is 0 Å². The molecule has 0 radical (unpaired) electrons. The number of rotatable bonds is 3. The van der Waals surface area contributed by atoms with Crippen LogP contribution in [0, 0.1) is 0 Å². The van der Waals surface area contributed by atoms with Crippen molar-refractivity contribution in [3.8, 4) is 11.4 Å². The van der Waals surface area contributed by atoms with Gasteiger partial charge in [0.2, 0.25) is 0 Å². The molecule has 2 rings (SSSR count). The Hall–Kier alpha value is -2.15. The van der Waals surface area contributed by atoms with E-state index in [-0.39, 0.29) is 11.4 Å². The van der Waals surface area contributed by atoms with Crippen molar-refractivity contribution in [3.05, 3.63) is 51.9 Å². The number of aromatic nitrogens is 2. The first kappa shape index (κ1) is 14.3. The van der Waals surface area contributed by atoms with E-state index in [4.69, 9.17) is 0 Å². The zero-order valence-electron chi connectivity index (χ0n) is 10.6. The van der Waals surface area contributed by atoms with Gasteiger partial charge in [-0.3, -0.25) is 4.79 Å². The van der Waals surface area contributed by atoms with E-state index in [2.05, 4.69) is 15.3 Å². The summed E-state index contributed by atoms with van der Waals surface area (Å²) in [7, 11) is 1.69. The fourth-order valence-electron chi connectivity index (χ4n) is 1.76. The molecule has 0 spiro atoms. The molecular formula is C13H12F3N3O. The molecule has 106 valence electrons. The van der Waals surface area contributed by atoms with Gasteiger partial charge in [-0.05, 0) is 19.2 Å². The molecule has 0 aliphatic carbocycles. The summed E-state index contributed by atoms with van der Waals surface area (Å²) in [5.74, 6) is 0.119. The lowest BCUT2D eigenvalue weighted by Gasteiger charge is -2.09. The van der Waals surface area contributed by atoms with Crippen LogP contribution >= 0.6 is 0 Å². The van der Waals surface area contributed by atoms with Gasteiger partial charge in [0.25, 0.3) is 5.56 Å². The van der Waals surface area contributed by atoms with E-state index in [0.717, 1.165) is 12.1 Å². The van der Waals surface area contributed by atoms with E-state index in [9.17, 15) is 18.0 Å². The molecule has 2 N–H and O–H groups in total. The minimum atomic E-state index is -4.43. The third-order valence-electron chi connectivity index (χ3n) is 2.62. The number of hydrogen-bond donors (Lipinski definition) is 2. The van der Waals surface area contributed by atoms with Gasteiger partial charge >= 0.3 is 6.18 Å². The first-order valence-electron chi connectivity index (χ1n) is 5.82. The summed E-state index contributed by atoms with van der Waals surface area (Å²) in [6, 6.07) is 5.98. The smallest absolute Gasteiger partial charge is 0.314 e. The van der Waals surface area contributed by atoms with Crippen molar-refractivity contribution in [2.75, 3.05) is 7.05 Å². The molecule has 7 heteroatoms. The number of benzene rings is 1. The predicted octanol–water partition coefficient (Wildman–Crippen LogP) is 2.18. The molecule has 2 aromatic rings. The second-order valence-corrected chi connectivity index (χ2v) is 4.19. The summed E-state index contributed by atoms with van der Waals surface area (Å²) in [6.45, 7) is 0.357. The Morgan fingerprint density at radius 3 is 2.70 bits per heavy atom. The standard InChI is InChI=1S/C13H12F3N3O/c1-17-7-10-6-11(20)19-12(18-10)8-3-2-4-9(5-8)13(14,15)16/h2-6,17H,7H2,1H3,(H,18,19,20). The highest BCUT2D eigenvalue weighted by atomic mass is 19.4. The molecule has 0 bridgehead atoms. The molecule has 0 atom stereocenters. The molecular weight excluding hydrogens is 271 g/mol. The lowest BCUT2D eigenvalue weighted by molar-refractivity contribution is -0.137. The number of nitrogens with zero attached hydrogens (tertiary/aromatic N) is 1. The van der Waals surface area contributed by atoms with E-state index in [1.54, 1.807) is 7.05 Å². The van der Waals surface area contributed by atoms with Crippen LogP contribution in [0.3, 0.4) is 0 Å². The van der Waals surface area contributed by atoms with Crippen LogP contribution in [-0.2, 0) is 12.7 Å². The Bertz CT molecular complexity index is 664. The van der Waals surface area contributed by atoms with Gasteiger partial charge in [0.15, 0.2) is 0 Å². The number of H-pyrrole nitrogens is 1. The van der Waals surface area contributed by atoms with Crippen LogP contribution in [0.1, 0.15) is 11.3 Å². The molecule has 0 amide bonds. The fourth-order valence-corrected chi connectivity index (χ4v) is 1.76. The maximum Gasteiger partial charge on any atom is 0.416 e. The van der Waals surface area contributed by atoms with Crippen molar-refractivity contribution in [1.82, 2.24) is 15.3 Å². The van der Waals surface area contributed by atoms with Gasteiger partial charge in [0.05, 0.1) is 11.3 Å². The SMILES string of the molecule is CNCc1cc(=O)[nH]c(-c2cccc(C(F)(F)F)c2)n1. The molecule has 1 aromatic carbocycles. The van der Waals surface area contributed by atoms with Crippen LogP contribution in [0.15, 0.2) is 35.1 Å². The van der Waals surface area contributed by atoms with E-state index in [0.29, 0.717) is 12.2 Å². The van der Waals surface area contributed by atoms with Gasteiger partial charge in [-0.2, -0.15) is 13.2 Å². The van der Waals surface area contributed by atoms with Gasteiger partial charge in [-0.25, -0.2) is 4.98 Å². The van der Waals surface area contributed by atoms with E-state index in [1.807, 2.05) is 0 Å². The normalized spacial score (nSPS) is 11.6. The van der Waals surface area contributed by atoms with Gasteiger partial charge in [0.1, 0.15) is 5.82 Å². The molecule has 0 saturated heterocycles. The molecule has 0 unspecified atom stereocenters.